The number of hydrogen-bond acceptors (Lipinski definition) is 3. The molecular formula is C25H37NO2Si. The van der Waals surface area contributed by atoms with E-state index in [9.17, 15) is 0 Å². The van der Waals surface area contributed by atoms with Crippen molar-refractivity contribution in [3.05, 3.63) is 58.7 Å². The number of nitrogens with two attached hydrogens (primary N) is 1. The lowest BCUT2D eigenvalue weighted by molar-refractivity contribution is 0.413. The van der Waals surface area contributed by atoms with Crippen molar-refractivity contribution < 1.29 is 9.16 Å². The van der Waals surface area contributed by atoms with E-state index in [4.69, 9.17) is 14.9 Å². The van der Waals surface area contributed by atoms with Crippen LogP contribution in [0, 0.1) is 0 Å². The minimum absolute atomic E-state index is 0.00172. The van der Waals surface area contributed by atoms with Crippen molar-refractivity contribution in [1.82, 2.24) is 0 Å². The summed E-state index contributed by atoms with van der Waals surface area (Å²) >= 11 is 0. The number of aryl methyl sites for hydroxylation is 1. The monoisotopic (exact) mass is 411 g/mol. The molecule has 2 unspecified atom stereocenters. The van der Waals surface area contributed by atoms with E-state index in [1.165, 1.54) is 22.3 Å². The third-order valence-electron chi connectivity index (χ3n) is 6.81. The van der Waals surface area contributed by atoms with Gasteiger partial charge in [-0.1, -0.05) is 32.9 Å². The number of rotatable bonds is 5. The Morgan fingerprint density at radius 3 is 2.34 bits per heavy atom. The number of methoxy groups -OCH3 is 1. The van der Waals surface area contributed by atoms with Gasteiger partial charge in [-0.3, -0.25) is 0 Å². The minimum atomic E-state index is -1.81. The third-order valence-corrected chi connectivity index (χ3v) is 11.2. The smallest absolute Gasteiger partial charge is 0.250 e. The fourth-order valence-corrected chi connectivity index (χ4v) is 4.98. The summed E-state index contributed by atoms with van der Waals surface area (Å²) in [6.45, 7) is 13.5. The Kier molecular flexibility index (Phi) is 6.16. The van der Waals surface area contributed by atoms with E-state index in [1.807, 2.05) is 0 Å². The molecule has 2 aromatic carbocycles. The van der Waals surface area contributed by atoms with Crippen molar-refractivity contribution in [3.8, 4) is 11.5 Å². The van der Waals surface area contributed by atoms with E-state index in [0.29, 0.717) is 5.92 Å². The van der Waals surface area contributed by atoms with Crippen LogP contribution in [0.4, 0.5) is 0 Å². The predicted molar refractivity (Wildman–Crippen MR) is 125 cm³/mol. The van der Waals surface area contributed by atoms with Gasteiger partial charge in [-0.2, -0.15) is 0 Å². The molecule has 0 radical (unpaired) electrons. The molecule has 0 spiro atoms. The van der Waals surface area contributed by atoms with Gasteiger partial charge in [-0.05, 0) is 96.8 Å². The third kappa shape index (κ3) is 4.70. The van der Waals surface area contributed by atoms with Crippen LogP contribution in [0.5, 0.6) is 11.5 Å². The van der Waals surface area contributed by atoms with Gasteiger partial charge in [0.2, 0.25) is 8.32 Å². The summed E-state index contributed by atoms with van der Waals surface area (Å²) in [5, 5.41) is 0.206. The lowest BCUT2D eigenvalue weighted by Gasteiger charge is -2.37. The zero-order valence-corrected chi connectivity index (χ0v) is 20.1. The van der Waals surface area contributed by atoms with Crippen LogP contribution in [0.25, 0.3) is 0 Å². The second-order valence-electron chi connectivity index (χ2n) is 10.0. The molecule has 2 N–H and O–H groups in total. The van der Waals surface area contributed by atoms with Crippen LogP contribution in [0.3, 0.4) is 0 Å². The van der Waals surface area contributed by atoms with Gasteiger partial charge in [-0.25, -0.2) is 0 Å². The first-order valence-corrected chi connectivity index (χ1v) is 13.7. The van der Waals surface area contributed by atoms with Crippen molar-refractivity contribution in [3.63, 3.8) is 0 Å². The van der Waals surface area contributed by atoms with Crippen molar-refractivity contribution in [2.24, 2.45) is 5.73 Å². The molecule has 0 aromatic heterocycles. The molecule has 2 atom stereocenters. The zero-order chi connectivity index (χ0) is 21.4. The highest BCUT2D eigenvalue weighted by Gasteiger charge is 2.39. The number of ether oxygens (including phenoxy) is 1. The molecule has 4 heteroatoms. The second kappa shape index (κ2) is 8.15. The van der Waals surface area contributed by atoms with Crippen LogP contribution in [-0.2, 0) is 12.8 Å². The SMILES string of the molecule is COc1ccc(C2CCc3cc(O[Si](C)(C)C(C)(C)C)ccc3C2)c(C(C)N)c1. The molecule has 0 aliphatic heterocycles. The Bertz CT molecular complexity index is 868. The van der Waals surface area contributed by atoms with Crippen LogP contribution >= 0.6 is 0 Å². The summed E-state index contributed by atoms with van der Waals surface area (Å²) in [5.74, 6) is 2.42. The molecule has 2 aromatic rings. The van der Waals surface area contributed by atoms with Crippen LogP contribution < -0.4 is 14.9 Å². The lowest BCUT2D eigenvalue weighted by atomic mass is 9.78. The Morgan fingerprint density at radius 2 is 1.72 bits per heavy atom. The van der Waals surface area contributed by atoms with Crippen molar-refractivity contribution in [2.75, 3.05) is 7.11 Å². The maximum Gasteiger partial charge on any atom is 0.250 e. The largest absolute Gasteiger partial charge is 0.543 e. The fourth-order valence-electron chi connectivity index (χ4n) is 3.95. The normalized spacial score (nSPS) is 18.1. The van der Waals surface area contributed by atoms with E-state index in [-0.39, 0.29) is 11.1 Å². The first kappa shape index (κ1) is 21.9. The summed E-state index contributed by atoms with van der Waals surface area (Å²) in [5.41, 5.74) is 11.7. The highest BCUT2D eigenvalue weighted by atomic mass is 28.4. The van der Waals surface area contributed by atoms with Gasteiger partial charge >= 0.3 is 0 Å². The van der Waals surface area contributed by atoms with Gasteiger partial charge in [0.1, 0.15) is 11.5 Å². The highest BCUT2D eigenvalue weighted by molar-refractivity contribution is 6.74. The van der Waals surface area contributed by atoms with Crippen molar-refractivity contribution in [2.45, 2.75) is 77.0 Å². The average molecular weight is 412 g/mol. The van der Waals surface area contributed by atoms with E-state index in [1.54, 1.807) is 7.11 Å². The Balaban J connectivity index is 1.83. The Hall–Kier alpha value is -1.78. The molecule has 0 bridgehead atoms. The van der Waals surface area contributed by atoms with Gasteiger partial charge < -0.3 is 14.9 Å². The molecule has 0 amide bonds. The lowest BCUT2D eigenvalue weighted by Crippen LogP contribution is -2.43. The average Bonchev–Trinajstić information content (AvgIpc) is 2.65. The van der Waals surface area contributed by atoms with Crippen molar-refractivity contribution >= 4 is 8.32 Å². The molecular weight excluding hydrogens is 374 g/mol. The summed E-state index contributed by atoms with van der Waals surface area (Å²) < 4.78 is 11.9. The molecule has 0 saturated carbocycles. The molecule has 0 fully saturated rings. The number of benzene rings is 2. The highest BCUT2D eigenvalue weighted by Crippen LogP contribution is 2.40. The quantitative estimate of drug-likeness (QED) is 0.581. The fraction of sp³-hybridized carbons (Fsp3) is 0.520. The summed E-state index contributed by atoms with van der Waals surface area (Å²) in [4.78, 5) is 0. The molecule has 1 aliphatic carbocycles. The van der Waals surface area contributed by atoms with Gasteiger partial charge in [0.05, 0.1) is 7.11 Å². The van der Waals surface area contributed by atoms with E-state index >= 15 is 0 Å². The minimum Gasteiger partial charge on any atom is -0.543 e. The van der Waals surface area contributed by atoms with Crippen LogP contribution in [-0.4, -0.2) is 15.4 Å². The maximum absolute atomic E-state index is 6.53. The van der Waals surface area contributed by atoms with Gasteiger partial charge in [0.25, 0.3) is 0 Å². The van der Waals surface area contributed by atoms with E-state index in [0.717, 1.165) is 30.8 Å². The molecule has 3 rings (SSSR count). The van der Waals surface area contributed by atoms with Gasteiger partial charge in [0.15, 0.2) is 0 Å². The number of hydrogen-bond donors (Lipinski definition) is 1. The van der Waals surface area contributed by atoms with Crippen LogP contribution in [0.1, 0.15) is 68.3 Å². The zero-order valence-electron chi connectivity index (χ0n) is 19.1. The van der Waals surface area contributed by atoms with Crippen LogP contribution in [0.2, 0.25) is 18.1 Å². The molecule has 1 aliphatic rings. The topological polar surface area (TPSA) is 44.5 Å². The van der Waals surface area contributed by atoms with Crippen molar-refractivity contribution in [1.29, 1.82) is 0 Å². The molecule has 158 valence electrons. The first-order chi connectivity index (χ1) is 13.5. The summed E-state index contributed by atoms with van der Waals surface area (Å²) in [6, 6.07) is 13.1. The number of fused-ring (bicyclic) bond motifs is 1. The standard InChI is InChI=1S/C25H37NO2Si/c1-17(26)24-16-21(27-5)12-13-23(24)20-9-8-19-15-22(11-10-18(19)14-20)28-29(6,7)25(2,3)4/h10-13,15-17,20H,8-9,14,26H2,1-7H3. The van der Waals surface area contributed by atoms with Crippen LogP contribution in [0.15, 0.2) is 36.4 Å². The van der Waals surface area contributed by atoms with Gasteiger partial charge in [-0.15, -0.1) is 0 Å². The molecule has 29 heavy (non-hydrogen) atoms. The maximum atomic E-state index is 6.53. The van der Waals surface area contributed by atoms with Gasteiger partial charge in [0, 0.05) is 6.04 Å². The predicted octanol–water partition coefficient (Wildman–Crippen LogP) is 6.37. The molecule has 0 saturated heterocycles. The summed E-state index contributed by atoms with van der Waals surface area (Å²) in [6.07, 6.45) is 3.28. The van der Waals surface area contributed by atoms with E-state index in [2.05, 4.69) is 77.2 Å². The second-order valence-corrected chi connectivity index (χ2v) is 14.7. The van der Waals surface area contributed by atoms with E-state index < -0.39 is 8.32 Å². The molecule has 3 nitrogen and oxygen atoms in total. The Labute approximate surface area is 177 Å². The molecule has 0 heterocycles. The Morgan fingerprint density at radius 1 is 1.03 bits per heavy atom. The summed E-state index contributed by atoms with van der Waals surface area (Å²) in [7, 11) is -0.103. The first-order valence-electron chi connectivity index (χ1n) is 10.8.